The second-order valence-corrected chi connectivity index (χ2v) is 6.91. The number of nitrogens with zero attached hydrogens (tertiary/aromatic N) is 3. The lowest BCUT2D eigenvalue weighted by Crippen LogP contribution is -2.20. The first-order valence-corrected chi connectivity index (χ1v) is 8.68. The molecule has 0 unspecified atom stereocenters. The number of amides is 1. The van der Waals surface area contributed by atoms with E-state index in [1.807, 2.05) is 13.0 Å². The normalized spacial score (nSPS) is 10.5. The second kappa shape index (κ2) is 7.15. The van der Waals surface area contributed by atoms with E-state index in [4.69, 9.17) is 21.6 Å². The lowest BCUT2D eigenvalue weighted by Gasteiger charge is -2.06. The van der Waals surface area contributed by atoms with Gasteiger partial charge in [0.15, 0.2) is 6.61 Å². The van der Waals surface area contributed by atoms with Gasteiger partial charge in [-0.25, -0.2) is 4.79 Å². The third-order valence-electron chi connectivity index (χ3n) is 3.61. The molecular weight excluding hydrogens is 376 g/mol. The predicted octanol–water partition coefficient (Wildman–Crippen LogP) is 3.26. The van der Waals surface area contributed by atoms with E-state index in [9.17, 15) is 9.59 Å². The highest BCUT2D eigenvalue weighted by Gasteiger charge is 2.17. The maximum Gasteiger partial charge on any atom is 0.348 e. The number of thiophene rings is 1. The summed E-state index contributed by atoms with van der Waals surface area (Å²) in [5.41, 5.74) is 1.55. The van der Waals surface area contributed by atoms with Crippen molar-refractivity contribution in [3.8, 4) is 6.07 Å². The van der Waals surface area contributed by atoms with Crippen LogP contribution in [0.15, 0.2) is 24.3 Å². The van der Waals surface area contributed by atoms with Crippen LogP contribution in [0.3, 0.4) is 0 Å². The van der Waals surface area contributed by atoms with Gasteiger partial charge in [-0.2, -0.15) is 10.4 Å². The van der Waals surface area contributed by atoms with Gasteiger partial charge < -0.3 is 10.1 Å². The van der Waals surface area contributed by atoms with E-state index >= 15 is 0 Å². The number of anilines is 1. The molecule has 3 rings (SSSR count). The number of carbonyl (C=O) groups is 2. The maximum atomic E-state index is 12.2. The molecule has 0 spiro atoms. The molecule has 0 bridgehead atoms. The van der Waals surface area contributed by atoms with Gasteiger partial charge >= 0.3 is 5.97 Å². The SMILES string of the molecule is Cc1nn(C)c2sc(C(=O)OCC(=O)Nc3ccc(C#N)c(Cl)c3)cc12. The summed E-state index contributed by atoms with van der Waals surface area (Å²) in [7, 11) is 1.80. The molecule has 0 radical (unpaired) electrons. The van der Waals surface area contributed by atoms with E-state index in [-0.39, 0.29) is 5.02 Å². The van der Waals surface area contributed by atoms with E-state index in [2.05, 4.69) is 10.4 Å². The van der Waals surface area contributed by atoms with E-state index in [0.717, 1.165) is 15.9 Å². The number of rotatable bonds is 4. The summed E-state index contributed by atoms with van der Waals surface area (Å²) in [6, 6.07) is 8.15. The zero-order valence-electron chi connectivity index (χ0n) is 13.9. The maximum absolute atomic E-state index is 12.2. The summed E-state index contributed by atoms with van der Waals surface area (Å²) in [5.74, 6) is -1.07. The summed E-state index contributed by atoms with van der Waals surface area (Å²) in [5, 5.41) is 16.8. The molecule has 0 saturated carbocycles. The number of ether oxygens (including phenoxy) is 1. The van der Waals surface area contributed by atoms with Gasteiger partial charge in [0.25, 0.3) is 5.91 Å². The van der Waals surface area contributed by atoms with Crippen molar-refractivity contribution < 1.29 is 14.3 Å². The Labute approximate surface area is 157 Å². The van der Waals surface area contributed by atoms with Crippen molar-refractivity contribution in [2.45, 2.75) is 6.92 Å². The molecule has 132 valence electrons. The highest BCUT2D eigenvalue weighted by Crippen LogP contribution is 2.28. The molecule has 26 heavy (non-hydrogen) atoms. The number of halogens is 1. The van der Waals surface area contributed by atoms with E-state index < -0.39 is 18.5 Å². The summed E-state index contributed by atoms with van der Waals surface area (Å²) in [6.07, 6.45) is 0. The summed E-state index contributed by atoms with van der Waals surface area (Å²) >= 11 is 7.17. The fourth-order valence-corrected chi connectivity index (χ4v) is 3.63. The van der Waals surface area contributed by atoms with Gasteiger partial charge in [0.05, 0.1) is 16.3 Å². The van der Waals surface area contributed by atoms with Crippen molar-refractivity contribution in [2.75, 3.05) is 11.9 Å². The van der Waals surface area contributed by atoms with Crippen molar-refractivity contribution >= 4 is 50.7 Å². The Bertz CT molecular complexity index is 1030. The number of esters is 1. The lowest BCUT2D eigenvalue weighted by atomic mass is 10.2. The molecule has 7 nitrogen and oxygen atoms in total. The minimum absolute atomic E-state index is 0.233. The highest BCUT2D eigenvalue weighted by atomic mass is 35.5. The van der Waals surface area contributed by atoms with Gasteiger partial charge in [-0.3, -0.25) is 9.48 Å². The third kappa shape index (κ3) is 3.54. The predicted molar refractivity (Wildman–Crippen MR) is 98.4 cm³/mol. The number of nitrogens with one attached hydrogen (secondary N) is 1. The average Bonchev–Trinajstić information content (AvgIpc) is 3.15. The molecule has 2 aromatic heterocycles. The number of aromatic nitrogens is 2. The molecule has 1 aromatic carbocycles. The molecule has 0 saturated heterocycles. The van der Waals surface area contributed by atoms with Crippen LogP contribution in [-0.2, 0) is 16.6 Å². The Kier molecular flexibility index (Phi) is 4.93. The molecule has 2 heterocycles. The fraction of sp³-hybridized carbons (Fsp3) is 0.176. The van der Waals surface area contributed by atoms with Gasteiger partial charge in [0, 0.05) is 18.1 Å². The van der Waals surface area contributed by atoms with Crippen molar-refractivity contribution in [2.24, 2.45) is 7.05 Å². The molecule has 0 aliphatic rings. The highest BCUT2D eigenvalue weighted by molar-refractivity contribution is 7.20. The van der Waals surface area contributed by atoms with Crippen LogP contribution < -0.4 is 5.32 Å². The number of fused-ring (bicyclic) bond motifs is 1. The lowest BCUT2D eigenvalue weighted by molar-refractivity contribution is -0.119. The molecule has 1 N–H and O–H groups in total. The molecule has 0 aliphatic carbocycles. The topological polar surface area (TPSA) is 97.0 Å². The Morgan fingerprint density at radius 3 is 2.85 bits per heavy atom. The van der Waals surface area contributed by atoms with Gasteiger partial charge in [-0.05, 0) is 31.2 Å². The Morgan fingerprint density at radius 1 is 1.42 bits per heavy atom. The number of benzene rings is 1. The van der Waals surface area contributed by atoms with E-state index in [0.29, 0.717) is 16.1 Å². The average molecular weight is 389 g/mol. The minimum atomic E-state index is -0.571. The van der Waals surface area contributed by atoms with Crippen LogP contribution in [0.25, 0.3) is 10.2 Å². The van der Waals surface area contributed by atoms with Gasteiger partial charge in [0.2, 0.25) is 0 Å². The van der Waals surface area contributed by atoms with Crippen LogP contribution in [0.2, 0.25) is 5.02 Å². The van der Waals surface area contributed by atoms with E-state index in [1.54, 1.807) is 23.9 Å². The summed E-state index contributed by atoms with van der Waals surface area (Å²) < 4.78 is 6.76. The molecule has 0 atom stereocenters. The number of aryl methyl sites for hydroxylation is 2. The largest absolute Gasteiger partial charge is 0.451 e. The first kappa shape index (κ1) is 17.9. The molecular formula is C17H13ClN4O3S. The van der Waals surface area contributed by atoms with Crippen LogP contribution in [0.4, 0.5) is 5.69 Å². The standard InChI is InChI=1S/C17H13ClN4O3S/c1-9-12-6-14(26-16(12)22(2)21-9)17(24)25-8-15(23)20-11-4-3-10(7-19)13(18)5-11/h3-6H,8H2,1-2H3,(H,20,23). The molecule has 0 aliphatic heterocycles. The Balaban J connectivity index is 1.61. The zero-order chi connectivity index (χ0) is 18.8. The summed E-state index contributed by atoms with van der Waals surface area (Å²) in [4.78, 5) is 25.4. The van der Waals surface area contributed by atoms with Crippen LogP contribution in [0, 0.1) is 18.3 Å². The molecule has 1 amide bonds. The quantitative estimate of drug-likeness (QED) is 0.692. The first-order chi connectivity index (χ1) is 12.4. The Morgan fingerprint density at radius 2 is 2.19 bits per heavy atom. The molecule has 3 aromatic rings. The fourth-order valence-electron chi connectivity index (χ4n) is 2.39. The molecule has 9 heteroatoms. The van der Waals surface area contributed by atoms with Crippen molar-refractivity contribution in [3.05, 3.63) is 45.4 Å². The monoisotopic (exact) mass is 388 g/mol. The zero-order valence-corrected chi connectivity index (χ0v) is 15.4. The third-order valence-corrected chi connectivity index (χ3v) is 5.10. The Hall–Kier alpha value is -2.89. The van der Waals surface area contributed by atoms with Crippen molar-refractivity contribution in [3.63, 3.8) is 0 Å². The van der Waals surface area contributed by atoms with Crippen LogP contribution in [0.5, 0.6) is 0 Å². The van der Waals surface area contributed by atoms with Crippen molar-refractivity contribution in [1.29, 1.82) is 5.26 Å². The van der Waals surface area contributed by atoms with Gasteiger partial charge in [-0.1, -0.05) is 11.6 Å². The number of nitriles is 1. The van der Waals surface area contributed by atoms with Gasteiger partial charge in [-0.15, -0.1) is 11.3 Å². The minimum Gasteiger partial charge on any atom is -0.451 e. The number of hydrogen-bond donors (Lipinski definition) is 1. The number of carbonyl (C=O) groups excluding carboxylic acids is 2. The summed E-state index contributed by atoms with van der Waals surface area (Å²) in [6.45, 7) is 1.43. The van der Waals surface area contributed by atoms with Crippen LogP contribution in [0.1, 0.15) is 20.9 Å². The smallest absolute Gasteiger partial charge is 0.348 e. The molecule has 0 fully saturated rings. The first-order valence-electron chi connectivity index (χ1n) is 7.49. The van der Waals surface area contributed by atoms with Gasteiger partial charge in [0.1, 0.15) is 15.8 Å². The van der Waals surface area contributed by atoms with Crippen LogP contribution in [-0.4, -0.2) is 28.3 Å². The van der Waals surface area contributed by atoms with E-state index in [1.165, 1.54) is 23.5 Å². The van der Waals surface area contributed by atoms with Crippen molar-refractivity contribution in [1.82, 2.24) is 9.78 Å². The number of hydrogen-bond acceptors (Lipinski definition) is 6. The van der Waals surface area contributed by atoms with Crippen LogP contribution >= 0.6 is 22.9 Å². The second-order valence-electron chi connectivity index (χ2n) is 5.47.